The molecule has 2 aliphatic carbocycles. The molecule has 0 spiro atoms. The third-order valence-corrected chi connectivity index (χ3v) is 5.90. The van der Waals surface area contributed by atoms with Gasteiger partial charge in [0.1, 0.15) is 23.9 Å². The van der Waals surface area contributed by atoms with E-state index >= 15 is 13.2 Å². The highest BCUT2D eigenvalue weighted by atomic mass is 19.3. The van der Waals surface area contributed by atoms with Crippen molar-refractivity contribution in [3.05, 3.63) is 76.6 Å². The molecular weight excluding hydrogens is 481 g/mol. The van der Waals surface area contributed by atoms with Crippen LogP contribution in [0.25, 0.3) is 5.57 Å². The molecule has 2 aromatic carbocycles. The van der Waals surface area contributed by atoms with E-state index in [1.165, 1.54) is 19.1 Å². The fourth-order valence-corrected chi connectivity index (χ4v) is 4.26. The first kappa shape index (κ1) is 24.9. The van der Waals surface area contributed by atoms with Crippen LogP contribution in [-0.4, -0.2) is 25.3 Å². The van der Waals surface area contributed by atoms with Gasteiger partial charge in [-0.15, -0.1) is 0 Å². The lowest BCUT2D eigenvalue weighted by atomic mass is 9.70. The van der Waals surface area contributed by atoms with Gasteiger partial charge in [-0.1, -0.05) is 12.1 Å². The average molecular weight is 502 g/mol. The molecule has 0 N–H and O–H groups in total. The van der Waals surface area contributed by atoms with Gasteiger partial charge in [-0.05, 0) is 49.3 Å². The molecule has 2 aromatic rings. The molecule has 2 atom stereocenters. The second kappa shape index (κ2) is 9.13. The van der Waals surface area contributed by atoms with Crippen molar-refractivity contribution in [3.8, 4) is 11.5 Å². The summed E-state index contributed by atoms with van der Waals surface area (Å²) in [7, 11) is 0. The summed E-state index contributed by atoms with van der Waals surface area (Å²) in [5.74, 6) is -16.1. The first-order valence-corrected chi connectivity index (χ1v) is 10.9. The molecule has 0 aromatic heterocycles. The summed E-state index contributed by atoms with van der Waals surface area (Å²) < 4.78 is 120. The van der Waals surface area contributed by atoms with Crippen molar-refractivity contribution >= 4 is 5.57 Å². The van der Waals surface area contributed by atoms with Crippen LogP contribution in [0.15, 0.2) is 48.2 Å². The highest BCUT2D eigenvalue weighted by Crippen LogP contribution is 2.60. The number of halogens is 7. The zero-order valence-electron chi connectivity index (χ0n) is 18.7. The number of hydrogen-bond acceptors (Lipinski definition) is 3. The Kier molecular flexibility index (Phi) is 6.50. The lowest BCUT2D eigenvalue weighted by molar-refractivity contribution is -0.246. The Balaban J connectivity index is 1.72. The number of rotatable bonds is 7. The van der Waals surface area contributed by atoms with E-state index < -0.39 is 70.4 Å². The maximum absolute atomic E-state index is 15.2. The van der Waals surface area contributed by atoms with Crippen LogP contribution in [0.1, 0.15) is 30.5 Å². The van der Waals surface area contributed by atoms with E-state index in [9.17, 15) is 17.6 Å². The minimum atomic E-state index is -5.06. The van der Waals surface area contributed by atoms with Gasteiger partial charge >= 0.3 is 11.8 Å². The Morgan fingerprint density at radius 2 is 1.60 bits per heavy atom. The quantitative estimate of drug-likeness (QED) is 0.384. The number of benzene rings is 2. The Morgan fingerprint density at radius 3 is 2.26 bits per heavy atom. The zero-order valence-corrected chi connectivity index (χ0v) is 18.7. The molecule has 0 fully saturated rings. The number of hydrogen-bond donors (Lipinski definition) is 0. The van der Waals surface area contributed by atoms with E-state index in [1.54, 1.807) is 6.92 Å². The van der Waals surface area contributed by atoms with Gasteiger partial charge in [-0.3, -0.25) is 0 Å². The molecule has 188 valence electrons. The Morgan fingerprint density at radius 1 is 0.886 bits per heavy atom. The topological polar surface area (TPSA) is 27.7 Å². The fraction of sp³-hybridized carbons (Fsp3) is 0.360. The van der Waals surface area contributed by atoms with Crippen LogP contribution in [0.5, 0.6) is 11.5 Å². The number of ether oxygens (including phenoxy) is 3. The lowest BCUT2D eigenvalue weighted by Crippen LogP contribution is -2.53. The average Bonchev–Trinajstić information content (AvgIpc) is 2.79. The molecule has 0 saturated heterocycles. The van der Waals surface area contributed by atoms with Crippen molar-refractivity contribution < 1.29 is 44.9 Å². The molecule has 0 bridgehead atoms. The van der Waals surface area contributed by atoms with E-state index in [0.29, 0.717) is 6.61 Å². The first-order valence-electron chi connectivity index (χ1n) is 10.9. The predicted molar refractivity (Wildman–Crippen MR) is 113 cm³/mol. The summed E-state index contributed by atoms with van der Waals surface area (Å²) in [5, 5.41) is 0. The predicted octanol–water partition coefficient (Wildman–Crippen LogP) is 6.95. The Labute approximate surface area is 196 Å². The van der Waals surface area contributed by atoms with Crippen LogP contribution in [0.4, 0.5) is 30.7 Å². The Hall–Kier alpha value is -3.17. The summed E-state index contributed by atoms with van der Waals surface area (Å²) in [5.41, 5.74) is -2.67. The molecule has 0 amide bonds. The van der Waals surface area contributed by atoms with E-state index in [2.05, 4.69) is 0 Å². The molecule has 10 heteroatoms. The van der Waals surface area contributed by atoms with E-state index in [-0.39, 0.29) is 17.9 Å². The molecule has 2 unspecified atom stereocenters. The van der Waals surface area contributed by atoms with Gasteiger partial charge in [-0.2, -0.15) is 17.6 Å². The fourth-order valence-electron chi connectivity index (χ4n) is 4.26. The zero-order chi connectivity index (χ0) is 25.5. The molecule has 0 saturated carbocycles. The second-order valence-corrected chi connectivity index (χ2v) is 7.98. The number of allylic oxidation sites excluding steroid dienone is 4. The molecule has 3 nitrogen and oxygen atoms in total. The maximum Gasteiger partial charge on any atom is 0.339 e. The van der Waals surface area contributed by atoms with Gasteiger partial charge in [0.2, 0.25) is 0 Å². The van der Waals surface area contributed by atoms with Crippen LogP contribution >= 0.6 is 0 Å². The SMILES string of the molecule is CCOC1=CC=C2c3ccc(OCc4ccc(OCC)cc4F)c(F)c3C(F)(F)C(F)(F)C2C1F. The summed E-state index contributed by atoms with van der Waals surface area (Å²) >= 11 is 0. The van der Waals surface area contributed by atoms with Crippen molar-refractivity contribution in [2.75, 3.05) is 13.2 Å². The number of alkyl halides is 5. The van der Waals surface area contributed by atoms with Gasteiger partial charge in [0.25, 0.3) is 0 Å². The molecule has 0 aliphatic heterocycles. The first-order chi connectivity index (χ1) is 16.5. The molecule has 0 radical (unpaired) electrons. The third kappa shape index (κ3) is 4.02. The molecular formula is C25H21F7O3. The largest absolute Gasteiger partial charge is 0.495 e. The van der Waals surface area contributed by atoms with E-state index in [1.807, 2.05) is 0 Å². The highest BCUT2D eigenvalue weighted by molar-refractivity contribution is 5.78. The van der Waals surface area contributed by atoms with Gasteiger partial charge in [-0.25, -0.2) is 13.2 Å². The van der Waals surface area contributed by atoms with Crippen LogP contribution < -0.4 is 9.47 Å². The number of fused-ring (bicyclic) bond motifs is 3. The van der Waals surface area contributed by atoms with Gasteiger partial charge in [0, 0.05) is 11.6 Å². The lowest BCUT2D eigenvalue weighted by Gasteiger charge is -2.43. The van der Waals surface area contributed by atoms with E-state index in [0.717, 1.165) is 30.4 Å². The molecule has 35 heavy (non-hydrogen) atoms. The molecule has 2 aliphatic rings. The van der Waals surface area contributed by atoms with Crippen LogP contribution in [0.3, 0.4) is 0 Å². The van der Waals surface area contributed by atoms with E-state index in [4.69, 9.17) is 14.2 Å². The minimum absolute atomic E-state index is 0.0356. The van der Waals surface area contributed by atoms with Crippen molar-refractivity contribution in [3.63, 3.8) is 0 Å². The normalized spacial score (nSPS) is 21.9. The molecule has 4 rings (SSSR count). The highest BCUT2D eigenvalue weighted by Gasteiger charge is 2.70. The maximum atomic E-state index is 15.2. The van der Waals surface area contributed by atoms with Gasteiger partial charge in [0.05, 0.1) is 24.7 Å². The smallest absolute Gasteiger partial charge is 0.339 e. The summed E-state index contributed by atoms with van der Waals surface area (Å²) in [6, 6.07) is 5.76. The second-order valence-electron chi connectivity index (χ2n) is 7.98. The van der Waals surface area contributed by atoms with Gasteiger partial charge < -0.3 is 14.2 Å². The summed E-state index contributed by atoms with van der Waals surface area (Å²) in [6.07, 6.45) is -0.450. The molecule has 0 heterocycles. The van der Waals surface area contributed by atoms with Crippen LogP contribution in [-0.2, 0) is 17.3 Å². The van der Waals surface area contributed by atoms with Gasteiger partial charge in [0.15, 0.2) is 17.7 Å². The standard InChI is InChI=1S/C25H21F7O3/c1-3-33-14-6-5-13(17(26)11-14)12-35-19-10-8-16-15-7-9-18(34-4-2)22(27)20(15)24(29,30)25(31,32)21(16)23(19)28/h5-11,20,22H,3-4,12H2,1-2H3. The van der Waals surface area contributed by atoms with Crippen molar-refractivity contribution in [2.45, 2.75) is 38.5 Å². The van der Waals surface area contributed by atoms with Crippen LogP contribution in [0.2, 0.25) is 0 Å². The van der Waals surface area contributed by atoms with Crippen molar-refractivity contribution in [2.24, 2.45) is 5.92 Å². The Bertz CT molecular complexity index is 1190. The minimum Gasteiger partial charge on any atom is -0.495 e. The van der Waals surface area contributed by atoms with Crippen LogP contribution in [0, 0.1) is 17.6 Å². The third-order valence-electron chi connectivity index (χ3n) is 5.90. The summed E-state index contributed by atoms with van der Waals surface area (Å²) in [6.45, 7) is 2.89. The summed E-state index contributed by atoms with van der Waals surface area (Å²) in [4.78, 5) is 0. The van der Waals surface area contributed by atoms with Crippen molar-refractivity contribution in [1.29, 1.82) is 0 Å². The monoisotopic (exact) mass is 502 g/mol. The van der Waals surface area contributed by atoms with Crippen molar-refractivity contribution in [1.82, 2.24) is 0 Å².